The zero-order valence-corrected chi connectivity index (χ0v) is 7.06. The number of carbonyl (C=O) groups is 1. The lowest BCUT2D eigenvalue weighted by Gasteiger charge is -2.08. The molecule has 0 unspecified atom stereocenters. The molecule has 1 aliphatic carbocycles. The molecule has 0 aromatic carbocycles. The number of ether oxygens (including phenoxy) is 1. The molecule has 1 saturated carbocycles. The average molecular weight is 182 g/mol. The summed E-state index contributed by atoms with van der Waals surface area (Å²) in [5, 5.41) is 19.1. The quantitative estimate of drug-likeness (QED) is 0.296. The molecule has 0 bridgehead atoms. The van der Waals surface area contributed by atoms with E-state index in [9.17, 15) is 4.79 Å². The van der Waals surface area contributed by atoms with Crippen molar-refractivity contribution < 1.29 is 14.7 Å². The highest BCUT2D eigenvalue weighted by molar-refractivity contribution is 6.42. The molecule has 70 valence electrons. The first-order valence-corrected chi connectivity index (χ1v) is 4.11. The van der Waals surface area contributed by atoms with Gasteiger partial charge in [-0.25, -0.2) is 4.79 Å². The lowest BCUT2D eigenvalue weighted by atomic mass is 10.3. The van der Waals surface area contributed by atoms with E-state index < -0.39 is 11.7 Å². The lowest BCUT2D eigenvalue weighted by Crippen LogP contribution is -2.21. The monoisotopic (exact) mass is 182 g/mol. The third-order valence-electron chi connectivity index (χ3n) is 1.98. The number of nitriles is 1. The Morgan fingerprint density at radius 3 is 2.62 bits per heavy atom. The Kier molecular flexibility index (Phi) is 3.26. The molecule has 1 rings (SSSR count). The van der Waals surface area contributed by atoms with Gasteiger partial charge in [-0.2, -0.15) is 5.26 Å². The molecule has 0 radical (unpaired) electrons. The van der Waals surface area contributed by atoms with Crippen LogP contribution in [-0.4, -0.2) is 23.0 Å². The van der Waals surface area contributed by atoms with E-state index in [1.54, 1.807) is 0 Å². The van der Waals surface area contributed by atoms with Gasteiger partial charge < -0.3 is 9.94 Å². The second-order valence-corrected chi connectivity index (χ2v) is 2.87. The van der Waals surface area contributed by atoms with Gasteiger partial charge in [0.25, 0.3) is 5.71 Å². The molecule has 5 heteroatoms. The fourth-order valence-corrected chi connectivity index (χ4v) is 1.32. The fraction of sp³-hybridized carbons (Fsp3) is 0.625. The molecule has 0 spiro atoms. The van der Waals surface area contributed by atoms with Gasteiger partial charge in [-0.05, 0) is 25.7 Å². The second-order valence-electron chi connectivity index (χ2n) is 2.87. The molecule has 0 atom stereocenters. The van der Waals surface area contributed by atoms with E-state index in [-0.39, 0.29) is 6.10 Å². The third-order valence-corrected chi connectivity index (χ3v) is 1.98. The average Bonchev–Trinajstić information content (AvgIpc) is 2.59. The van der Waals surface area contributed by atoms with Gasteiger partial charge in [0.1, 0.15) is 12.2 Å². The van der Waals surface area contributed by atoms with Crippen molar-refractivity contribution in [1.29, 1.82) is 5.26 Å². The molecule has 0 aromatic heterocycles. The minimum absolute atomic E-state index is 0.113. The Bertz CT molecular complexity index is 261. The summed E-state index contributed by atoms with van der Waals surface area (Å²) in [6.45, 7) is 0. The first-order valence-electron chi connectivity index (χ1n) is 4.11. The molecule has 0 aliphatic heterocycles. The van der Waals surface area contributed by atoms with Gasteiger partial charge in [-0.3, -0.25) is 0 Å². The van der Waals surface area contributed by atoms with Crippen LogP contribution in [0.25, 0.3) is 0 Å². The van der Waals surface area contributed by atoms with Crippen LogP contribution in [0.5, 0.6) is 0 Å². The van der Waals surface area contributed by atoms with E-state index in [0.29, 0.717) is 0 Å². The van der Waals surface area contributed by atoms with Crippen LogP contribution in [0.1, 0.15) is 25.7 Å². The zero-order valence-electron chi connectivity index (χ0n) is 7.06. The van der Waals surface area contributed by atoms with Crippen LogP contribution in [0, 0.1) is 11.3 Å². The van der Waals surface area contributed by atoms with Crippen LogP contribution in [0.4, 0.5) is 0 Å². The van der Waals surface area contributed by atoms with Gasteiger partial charge >= 0.3 is 5.97 Å². The molecule has 1 fully saturated rings. The van der Waals surface area contributed by atoms with Gasteiger partial charge in [0.15, 0.2) is 0 Å². The van der Waals surface area contributed by atoms with Gasteiger partial charge in [0, 0.05) is 0 Å². The number of rotatable bonds is 2. The van der Waals surface area contributed by atoms with Crippen LogP contribution >= 0.6 is 0 Å². The Hall–Kier alpha value is -1.57. The van der Waals surface area contributed by atoms with Crippen molar-refractivity contribution in [2.24, 2.45) is 5.16 Å². The summed E-state index contributed by atoms with van der Waals surface area (Å²) in [5.74, 6) is -0.836. The highest BCUT2D eigenvalue weighted by Crippen LogP contribution is 2.20. The van der Waals surface area contributed by atoms with Crippen molar-refractivity contribution in [1.82, 2.24) is 0 Å². The summed E-state index contributed by atoms with van der Waals surface area (Å²) >= 11 is 0. The fourth-order valence-electron chi connectivity index (χ4n) is 1.32. The Morgan fingerprint density at radius 1 is 1.54 bits per heavy atom. The molecule has 0 saturated heterocycles. The first-order chi connectivity index (χ1) is 6.27. The molecule has 1 N–H and O–H groups in total. The van der Waals surface area contributed by atoms with Gasteiger partial charge in [-0.15, -0.1) is 0 Å². The van der Waals surface area contributed by atoms with Crippen LogP contribution in [-0.2, 0) is 9.53 Å². The van der Waals surface area contributed by atoms with Crippen molar-refractivity contribution in [2.45, 2.75) is 31.8 Å². The zero-order chi connectivity index (χ0) is 9.68. The summed E-state index contributed by atoms with van der Waals surface area (Å²) in [4.78, 5) is 11.0. The number of nitrogens with zero attached hydrogens (tertiary/aromatic N) is 2. The van der Waals surface area contributed by atoms with E-state index in [1.807, 2.05) is 0 Å². The topological polar surface area (TPSA) is 82.7 Å². The van der Waals surface area contributed by atoms with E-state index in [2.05, 4.69) is 5.16 Å². The first kappa shape index (κ1) is 9.52. The highest BCUT2D eigenvalue weighted by Gasteiger charge is 2.22. The lowest BCUT2D eigenvalue weighted by molar-refractivity contribution is -0.140. The van der Waals surface area contributed by atoms with Crippen LogP contribution in [0.15, 0.2) is 5.16 Å². The predicted molar refractivity (Wildman–Crippen MR) is 43.2 cm³/mol. The minimum atomic E-state index is -0.836. The summed E-state index contributed by atoms with van der Waals surface area (Å²) < 4.78 is 4.90. The summed E-state index contributed by atoms with van der Waals surface area (Å²) in [6.07, 6.45) is 3.62. The predicted octanol–water partition coefficient (Wildman–Crippen LogP) is 0.826. The maximum atomic E-state index is 11.0. The van der Waals surface area contributed by atoms with Crippen molar-refractivity contribution in [2.75, 3.05) is 0 Å². The smallest absolute Gasteiger partial charge is 0.371 e. The van der Waals surface area contributed by atoms with Crippen LogP contribution in [0.2, 0.25) is 0 Å². The Labute approximate surface area is 75.6 Å². The number of hydrogen-bond acceptors (Lipinski definition) is 5. The SMILES string of the molecule is N#CC(=NO)C(=O)OC1CCCC1. The molecular weight excluding hydrogens is 172 g/mol. The van der Waals surface area contributed by atoms with Crippen LogP contribution in [0.3, 0.4) is 0 Å². The number of esters is 1. The summed E-state index contributed by atoms with van der Waals surface area (Å²) in [6, 6.07) is 1.45. The van der Waals surface area contributed by atoms with E-state index >= 15 is 0 Å². The number of hydrogen-bond donors (Lipinski definition) is 1. The number of carbonyl (C=O) groups excluding carboxylic acids is 1. The second kappa shape index (κ2) is 4.45. The maximum absolute atomic E-state index is 11.0. The largest absolute Gasteiger partial charge is 0.457 e. The minimum Gasteiger partial charge on any atom is -0.457 e. The normalized spacial score (nSPS) is 18.2. The van der Waals surface area contributed by atoms with E-state index in [0.717, 1.165) is 25.7 Å². The third kappa shape index (κ3) is 2.44. The van der Waals surface area contributed by atoms with Crippen molar-refractivity contribution >= 4 is 11.7 Å². The highest BCUT2D eigenvalue weighted by atomic mass is 16.5. The molecule has 5 nitrogen and oxygen atoms in total. The maximum Gasteiger partial charge on any atom is 0.371 e. The molecule has 1 aliphatic rings. The van der Waals surface area contributed by atoms with Gasteiger partial charge in [0.2, 0.25) is 0 Å². The van der Waals surface area contributed by atoms with Gasteiger partial charge in [0.05, 0.1) is 0 Å². The molecule has 13 heavy (non-hydrogen) atoms. The molecule has 0 heterocycles. The molecular formula is C8H10N2O3. The van der Waals surface area contributed by atoms with E-state index in [4.69, 9.17) is 15.2 Å². The summed E-state index contributed by atoms with van der Waals surface area (Å²) in [7, 11) is 0. The summed E-state index contributed by atoms with van der Waals surface area (Å²) in [5.41, 5.74) is -0.591. The van der Waals surface area contributed by atoms with Crippen molar-refractivity contribution in [3.63, 3.8) is 0 Å². The Balaban J connectivity index is 2.45. The standard InChI is InChI=1S/C8H10N2O3/c9-5-7(10-12)8(11)13-6-3-1-2-4-6/h6,12H,1-4H2. The molecule has 0 amide bonds. The number of oxime groups is 1. The Morgan fingerprint density at radius 2 is 2.15 bits per heavy atom. The van der Waals surface area contributed by atoms with E-state index in [1.165, 1.54) is 6.07 Å². The van der Waals surface area contributed by atoms with Crippen molar-refractivity contribution in [3.8, 4) is 6.07 Å². The molecule has 0 aromatic rings. The van der Waals surface area contributed by atoms with Gasteiger partial charge in [-0.1, -0.05) is 5.16 Å². The van der Waals surface area contributed by atoms with Crippen LogP contribution < -0.4 is 0 Å². The van der Waals surface area contributed by atoms with Crippen molar-refractivity contribution in [3.05, 3.63) is 0 Å².